The molecule has 1 saturated heterocycles. The van der Waals surface area contributed by atoms with Gasteiger partial charge in [-0.2, -0.15) is 0 Å². The second-order valence-electron chi connectivity index (χ2n) is 4.95. The van der Waals surface area contributed by atoms with Crippen LogP contribution in [0.4, 0.5) is 5.82 Å². The first-order valence-corrected chi connectivity index (χ1v) is 7.21. The zero-order valence-corrected chi connectivity index (χ0v) is 12.6. The number of amides is 1. The highest BCUT2D eigenvalue weighted by Crippen LogP contribution is 2.23. The van der Waals surface area contributed by atoms with Gasteiger partial charge in [-0.05, 0) is 19.4 Å². The van der Waals surface area contributed by atoms with E-state index >= 15 is 0 Å². The average Bonchev–Trinajstić information content (AvgIpc) is 2.89. The Morgan fingerprint density at radius 2 is 2.45 bits per heavy atom. The third kappa shape index (κ3) is 3.41. The number of nitrogens with zero attached hydrogens (tertiary/aromatic N) is 2. The molecule has 1 amide bonds. The zero-order chi connectivity index (χ0) is 14.5. The minimum Gasteiger partial charge on any atom is -0.384 e. The van der Waals surface area contributed by atoms with E-state index in [1.807, 2.05) is 11.8 Å². The van der Waals surface area contributed by atoms with Gasteiger partial charge in [0.1, 0.15) is 5.82 Å². The molecule has 0 bridgehead atoms. The topological polar surface area (TPSA) is 54.5 Å². The molecule has 0 spiro atoms. The summed E-state index contributed by atoms with van der Waals surface area (Å²) in [5, 5.41) is 3.53. The van der Waals surface area contributed by atoms with Crippen molar-refractivity contribution in [2.45, 2.75) is 13.3 Å². The van der Waals surface area contributed by atoms with E-state index < -0.39 is 0 Å². The van der Waals surface area contributed by atoms with Crippen molar-refractivity contribution in [3.63, 3.8) is 0 Å². The molecule has 2 rings (SSSR count). The second-order valence-corrected chi connectivity index (χ2v) is 5.35. The number of carbonyl (C=O) groups excluding carboxylic acids is 1. The summed E-state index contributed by atoms with van der Waals surface area (Å²) in [6, 6.07) is 1.68. The summed E-state index contributed by atoms with van der Waals surface area (Å²) in [5.74, 6) is 1.03. The summed E-state index contributed by atoms with van der Waals surface area (Å²) in [7, 11) is 1.69. The molecule has 1 unspecified atom stereocenters. The van der Waals surface area contributed by atoms with E-state index in [0.717, 1.165) is 26.1 Å². The van der Waals surface area contributed by atoms with Crippen molar-refractivity contribution in [1.82, 2.24) is 9.88 Å². The smallest absolute Gasteiger partial charge is 0.255 e. The number of ether oxygens (including phenoxy) is 1. The van der Waals surface area contributed by atoms with Gasteiger partial charge >= 0.3 is 0 Å². The molecule has 20 heavy (non-hydrogen) atoms. The number of hydrogen-bond acceptors (Lipinski definition) is 4. The van der Waals surface area contributed by atoms with Gasteiger partial charge in [-0.25, -0.2) is 4.98 Å². The van der Waals surface area contributed by atoms with Crippen LogP contribution >= 0.6 is 11.6 Å². The first-order valence-electron chi connectivity index (χ1n) is 6.83. The van der Waals surface area contributed by atoms with Crippen LogP contribution in [-0.4, -0.2) is 49.1 Å². The molecule has 1 aliphatic heterocycles. The van der Waals surface area contributed by atoms with E-state index in [1.165, 1.54) is 0 Å². The van der Waals surface area contributed by atoms with Gasteiger partial charge < -0.3 is 15.0 Å². The molecule has 1 N–H and O–H groups in total. The van der Waals surface area contributed by atoms with Crippen LogP contribution < -0.4 is 5.32 Å². The summed E-state index contributed by atoms with van der Waals surface area (Å²) in [6.07, 6.45) is 2.56. The van der Waals surface area contributed by atoms with Gasteiger partial charge in [-0.3, -0.25) is 4.79 Å². The number of aromatic nitrogens is 1. The minimum absolute atomic E-state index is 0.0129. The molecule has 1 fully saturated rings. The summed E-state index contributed by atoms with van der Waals surface area (Å²) < 4.78 is 5.14. The molecule has 0 radical (unpaired) electrons. The normalized spacial score (nSPS) is 18.4. The Morgan fingerprint density at radius 3 is 3.10 bits per heavy atom. The van der Waals surface area contributed by atoms with E-state index in [4.69, 9.17) is 16.3 Å². The number of hydrogen-bond donors (Lipinski definition) is 1. The molecule has 1 aromatic rings. The van der Waals surface area contributed by atoms with Crippen molar-refractivity contribution < 1.29 is 9.53 Å². The number of pyridine rings is 1. The van der Waals surface area contributed by atoms with Crippen molar-refractivity contribution in [2.24, 2.45) is 5.92 Å². The fourth-order valence-electron chi connectivity index (χ4n) is 2.42. The summed E-state index contributed by atoms with van der Waals surface area (Å²) in [5.41, 5.74) is 0.537. The van der Waals surface area contributed by atoms with Gasteiger partial charge in [0.15, 0.2) is 0 Å². The Balaban J connectivity index is 2.04. The molecule has 5 nitrogen and oxygen atoms in total. The summed E-state index contributed by atoms with van der Waals surface area (Å²) in [4.78, 5) is 18.4. The first kappa shape index (κ1) is 15.1. The Labute approximate surface area is 124 Å². The molecular formula is C14H20ClN3O2. The minimum atomic E-state index is -0.0129. The highest BCUT2D eigenvalue weighted by atomic mass is 35.5. The van der Waals surface area contributed by atoms with Gasteiger partial charge in [0.05, 0.1) is 17.2 Å². The second kappa shape index (κ2) is 6.90. The molecule has 1 atom stereocenters. The molecular weight excluding hydrogens is 278 g/mol. The summed E-state index contributed by atoms with van der Waals surface area (Å²) >= 11 is 6.12. The number of anilines is 1. The fraction of sp³-hybridized carbons (Fsp3) is 0.571. The molecule has 1 aromatic heterocycles. The number of halogens is 1. The number of rotatable bonds is 5. The van der Waals surface area contributed by atoms with E-state index in [2.05, 4.69) is 10.3 Å². The highest BCUT2D eigenvalue weighted by Gasteiger charge is 2.27. The van der Waals surface area contributed by atoms with Gasteiger partial charge in [-0.15, -0.1) is 0 Å². The monoisotopic (exact) mass is 297 g/mol. The number of likely N-dealkylation sites (tertiary alicyclic amines) is 1. The fourth-order valence-corrected chi connectivity index (χ4v) is 2.66. The maximum absolute atomic E-state index is 12.4. The molecule has 6 heteroatoms. The molecule has 0 aliphatic carbocycles. The largest absolute Gasteiger partial charge is 0.384 e. The molecule has 110 valence electrons. The van der Waals surface area contributed by atoms with Crippen LogP contribution in [0, 0.1) is 5.92 Å². The maximum atomic E-state index is 12.4. The van der Waals surface area contributed by atoms with E-state index in [1.54, 1.807) is 19.4 Å². The van der Waals surface area contributed by atoms with Crippen LogP contribution in [0.15, 0.2) is 12.3 Å². The van der Waals surface area contributed by atoms with Gasteiger partial charge in [0.2, 0.25) is 0 Å². The van der Waals surface area contributed by atoms with Crippen molar-refractivity contribution in [1.29, 1.82) is 0 Å². The highest BCUT2D eigenvalue weighted by molar-refractivity contribution is 6.33. The SMILES string of the molecule is CCNc1ncc(C(=O)N2CCC(COC)C2)cc1Cl. The zero-order valence-electron chi connectivity index (χ0n) is 11.9. The van der Waals surface area contributed by atoms with Gasteiger partial charge in [0, 0.05) is 38.9 Å². The van der Waals surface area contributed by atoms with Gasteiger partial charge in [-0.1, -0.05) is 11.6 Å². The van der Waals surface area contributed by atoms with Crippen molar-refractivity contribution in [2.75, 3.05) is 38.7 Å². The van der Waals surface area contributed by atoms with Crippen molar-refractivity contribution in [3.05, 3.63) is 22.8 Å². The van der Waals surface area contributed by atoms with E-state index in [-0.39, 0.29) is 5.91 Å². The third-order valence-corrected chi connectivity index (χ3v) is 3.70. The maximum Gasteiger partial charge on any atom is 0.255 e. The van der Waals surface area contributed by atoms with Crippen molar-refractivity contribution >= 4 is 23.3 Å². The van der Waals surface area contributed by atoms with Crippen LogP contribution in [0.3, 0.4) is 0 Å². The third-order valence-electron chi connectivity index (χ3n) is 3.41. The molecule has 2 heterocycles. The number of carbonyl (C=O) groups is 1. The Morgan fingerprint density at radius 1 is 1.65 bits per heavy atom. The first-order chi connectivity index (χ1) is 9.65. The van der Waals surface area contributed by atoms with Crippen LogP contribution in [0.1, 0.15) is 23.7 Å². The number of methoxy groups -OCH3 is 1. The Hall–Kier alpha value is -1.33. The molecule has 0 aromatic carbocycles. The summed E-state index contributed by atoms with van der Waals surface area (Å²) in [6.45, 7) is 4.91. The average molecular weight is 298 g/mol. The quantitative estimate of drug-likeness (QED) is 0.906. The lowest BCUT2D eigenvalue weighted by atomic mass is 10.1. The van der Waals surface area contributed by atoms with E-state index in [0.29, 0.717) is 28.9 Å². The van der Waals surface area contributed by atoms with Crippen LogP contribution in [-0.2, 0) is 4.74 Å². The molecule has 0 saturated carbocycles. The van der Waals surface area contributed by atoms with Crippen LogP contribution in [0.25, 0.3) is 0 Å². The van der Waals surface area contributed by atoms with Crippen LogP contribution in [0.2, 0.25) is 5.02 Å². The standard InChI is InChI=1S/C14H20ClN3O2/c1-3-16-13-12(15)6-11(7-17-13)14(19)18-5-4-10(8-18)9-20-2/h6-7,10H,3-5,8-9H2,1-2H3,(H,16,17). The Bertz CT molecular complexity index is 481. The lowest BCUT2D eigenvalue weighted by Gasteiger charge is -2.17. The van der Waals surface area contributed by atoms with Crippen molar-refractivity contribution in [3.8, 4) is 0 Å². The van der Waals surface area contributed by atoms with E-state index in [9.17, 15) is 4.79 Å². The lowest BCUT2D eigenvalue weighted by molar-refractivity contribution is 0.0775. The number of nitrogens with one attached hydrogen (secondary N) is 1. The predicted molar refractivity (Wildman–Crippen MR) is 79.3 cm³/mol. The predicted octanol–water partition coefficient (Wildman–Crippen LogP) is 2.28. The lowest BCUT2D eigenvalue weighted by Crippen LogP contribution is -2.29. The van der Waals surface area contributed by atoms with Crippen LogP contribution in [0.5, 0.6) is 0 Å². The molecule has 1 aliphatic rings. The van der Waals surface area contributed by atoms with Gasteiger partial charge in [0.25, 0.3) is 5.91 Å². The Kier molecular flexibility index (Phi) is 5.20.